The van der Waals surface area contributed by atoms with Gasteiger partial charge in [-0.05, 0) is 62.7 Å². The second-order valence-electron chi connectivity index (χ2n) is 7.30. The van der Waals surface area contributed by atoms with E-state index in [0.29, 0.717) is 12.8 Å². The highest BCUT2D eigenvalue weighted by atomic mass is 16.4. The van der Waals surface area contributed by atoms with Gasteiger partial charge in [0.2, 0.25) is 5.91 Å². The monoisotopic (exact) mass is 263 g/mol. The average Bonchev–Trinajstić information content (AvgIpc) is 2.70. The largest absolute Gasteiger partial charge is 0.480 e. The zero-order chi connectivity index (χ0) is 13.2. The SMILES string of the molecule is O=C(O)C1CCC(=O)N1C12CC3CC(CC(C3)C1)C2. The number of carboxylic acid groups (broad SMARTS) is 1. The Balaban J connectivity index is 1.70. The standard InChI is InChI=1S/C15H21NO3/c17-13-2-1-12(14(18)19)16(13)15-6-9-3-10(7-15)5-11(4-9)8-15/h9-12H,1-8H2,(H,18,19). The number of carbonyl (C=O) groups is 2. The predicted octanol–water partition coefficient (Wildman–Crippen LogP) is 2.03. The molecule has 5 fully saturated rings. The highest BCUT2D eigenvalue weighted by Crippen LogP contribution is 2.58. The van der Waals surface area contributed by atoms with Crippen LogP contribution in [-0.4, -0.2) is 33.5 Å². The lowest BCUT2D eigenvalue weighted by atomic mass is 9.52. The van der Waals surface area contributed by atoms with Gasteiger partial charge in [-0.25, -0.2) is 4.79 Å². The molecule has 4 heteroatoms. The lowest BCUT2D eigenvalue weighted by Crippen LogP contribution is -2.63. The molecule has 0 aromatic rings. The molecule has 0 aromatic carbocycles. The van der Waals surface area contributed by atoms with Crippen molar-refractivity contribution >= 4 is 11.9 Å². The van der Waals surface area contributed by atoms with Crippen LogP contribution in [0.2, 0.25) is 0 Å². The van der Waals surface area contributed by atoms with E-state index >= 15 is 0 Å². The Bertz CT molecular complexity index is 409. The Hall–Kier alpha value is -1.06. The normalized spacial score (nSPS) is 48.0. The molecule has 4 nitrogen and oxygen atoms in total. The van der Waals surface area contributed by atoms with E-state index < -0.39 is 12.0 Å². The van der Waals surface area contributed by atoms with Crippen LogP contribution in [0.1, 0.15) is 51.4 Å². The molecule has 4 saturated carbocycles. The van der Waals surface area contributed by atoms with Crippen LogP contribution in [0.25, 0.3) is 0 Å². The van der Waals surface area contributed by atoms with Crippen LogP contribution in [0, 0.1) is 17.8 Å². The van der Waals surface area contributed by atoms with Gasteiger partial charge < -0.3 is 10.0 Å². The van der Waals surface area contributed by atoms with E-state index in [4.69, 9.17) is 0 Å². The summed E-state index contributed by atoms with van der Waals surface area (Å²) < 4.78 is 0. The fourth-order valence-corrected chi connectivity index (χ4v) is 5.87. The second-order valence-corrected chi connectivity index (χ2v) is 7.30. The zero-order valence-corrected chi connectivity index (χ0v) is 11.2. The topological polar surface area (TPSA) is 57.6 Å². The van der Waals surface area contributed by atoms with Crippen molar-refractivity contribution in [3.8, 4) is 0 Å². The summed E-state index contributed by atoms with van der Waals surface area (Å²) >= 11 is 0. The molecule has 1 N–H and O–H groups in total. The van der Waals surface area contributed by atoms with Crippen molar-refractivity contribution in [2.24, 2.45) is 17.8 Å². The van der Waals surface area contributed by atoms with Gasteiger partial charge in [-0.2, -0.15) is 0 Å². The van der Waals surface area contributed by atoms with Crippen molar-refractivity contribution in [1.29, 1.82) is 0 Å². The summed E-state index contributed by atoms with van der Waals surface area (Å²) in [5, 5.41) is 9.41. The number of carbonyl (C=O) groups excluding carboxylic acids is 1. The van der Waals surface area contributed by atoms with E-state index in [-0.39, 0.29) is 11.4 Å². The highest BCUT2D eigenvalue weighted by Gasteiger charge is 2.58. The maximum absolute atomic E-state index is 12.3. The van der Waals surface area contributed by atoms with Crippen molar-refractivity contribution < 1.29 is 14.7 Å². The Morgan fingerprint density at radius 2 is 1.63 bits per heavy atom. The van der Waals surface area contributed by atoms with Gasteiger partial charge >= 0.3 is 5.97 Å². The Morgan fingerprint density at radius 3 is 2.11 bits per heavy atom. The van der Waals surface area contributed by atoms with Gasteiger partial charge in [-0.1, -0.05) is 0 Å². The summed E-state index contributed by atoms with van der Waals surface area (Å²) in [6.45, 7) is 0. The number of amides is 1. The summed E-state index contributed by atoms with van der Waals surface area (Å²) in [4.78, 5) is 25.5. The molecule has 1 amide bonds. The van der Waals surface area contributed by atoms with Gasteiger partial charge in [-0.3, -0.25) is 4.79 Å². The van der Waals surface area contributed by atoms with Crippen molar-refractivity contribution in [3.05, 3.63) is 0 Å². The smallest absolute Gasteiger partial charge is 0.326 e. The maximum Gasteiger partial charge on any atom is 0.326 e. The minimum atomic E-state index is -0.804. The second kappa shape index (κ2) is 3.74. The summed E-state index contributed by atoms with van der Waals surface area (Å²) in [5.74, 6) is 1.52. The zero-order valence-electron chi connectivity index (χ0n) is 11.2. The molecule has 1 atom stereocenters. The van der Waals surface area contributed by atoms with Gasteiger partial charge in [-0.15, -0.1) is 0 Å². The van der Waals surface area contributed by atoms with Crippen LogP contribution >= 0.6 is 0 Å². The number of aliphatic carboxylic acids is 1. The third-order valence-electron chi connectivity index (χ3n) is 6.01. The van der Waals surface area contributed by atoms with Crippen LogP contribution in [-0.2, 0) is 9.59 Å². The summed E-state index contributed by atoms with van der Waals surface area (Å²) in [6.07, 6.45) is 8.09. The lowest BCUT2D eigenvalue weighted by molar-refractivity contribution is -0.162. The quantitative estimate of drug-likeness (QED) is 0.829. The molecule has 0 aromatic heterocycles. The summed E-state index contributed by atoms with van der Waals surface area (Å²) in [7, 11) is 0. The van der Waals surface area contributed by atoms with Crippen LogP contribution in [0.5, 0.6) is 0 Å². The molecule has 1 saturated heterocycles. The number of hydrogen-bond acceptors (Lipinski definition) is 2. The Kier molecular flexibility index (Phi) is 2.31. The van der Waals surface area contributed by atoms with E-state index in [9.17, 15) is 14.7 Å². The van der Waals surface area contributed by atoms with Crippen molar-refractivity contribution in [3.63, 3.8) is 0 Å². The van der Waals surface area contributed by atoms with E-state index in [1.807, 2.05) is 4.90 Å². The molecule has 0 spiro atoms. The fraction of sp³-hybridized carbons (Fsp3) is 0.867. The van der Waals surface area contributed by atoms with Crippen LogP contribution in [0.15, 0.2) is 0 Å². The first-order chi connectivity index (χ1) is 9.07. The van der Waals surface area contributed by atoms with E-state index in [2.05, 4.69) is 0 Å². The molecule has 1 aliphatic heterocycles. The van der Waals surface area contributed by atoms with E-state index in [1.54, 1.807) is 0 Å². The molecule has 1 heterocycles. The van der Waals surface area contributed by atoms with Crippen LogP contribution < -0.4 is 0 Å². The van der Waals surface area contributed by atoms with E-state index in [1.165, 1.54) is 19.3 Å². The molecular weight excluding hydrogens is 242 g/mol. The molecular formula is C15H21NO3. The minimum Gasteiger partial charge on any atom is -0.480 e. The lowest BCUT2D eigenvalue weighted by Gasteiger charge is -2.60. The van der Waals surface area contributed by atoms with Gasteiger partial charge in [0.05, 0.1) is 0 Å². The van der Waals surface area contributed by atoms with Gasteiger partial charge in [0.1, 0.15) is 6.04 Å². The predicted molar refractivity (Wildman–Crippen MR) is 68.4 cm³/mol. The first-order valence-corrected chi connectivity index (χ1v) is 7.62. The first kappa shape index (κ1) is 11.7. The molecule has 19 heavy (non-hydrogen) atoms. The number of nitrogens with zero attached hydrogens (tertiary/aromatic N) is 1. The molecule has 4 bridgehead atoms. The summed E-state index contributed by atoms with van der Waals surface area (Å²) in [6, 6.07) is -0.552. The van der Waals surface area contributed by atoms with Crippen molar-refractivity contribution in [2.75, 3.05) is 0 Å². The molecule has 5 rings (SSSR count). The van der Waals surface area contributed by atoms with Gasteiger partial charge in [0.25, 0.3) is 0 Å². The third kappa shape index (κ3) is 1.58. The number of carboxylic acids is 1. The summed E-state index contributed by atoms with van der Waals surface area (Å²) in [5.41, 5.74) is -0.0919. The molecule has 1 unspecified atom stereocenters. The fourth-order valence-electron chi connectivity index (χ4n) is 5.87. The van der Waals surface area contributed by atoms with Gasteiger partial charge in [0.15, 0.2) is 0 Å². The third-order valence-corrected chi connectivity index (χ3v) is 6.01. The first-order valence-electron chi connectivity index (χ1n) is 7.62. The Morgan fingerprint density at radius 1 is 1.11 bits per heavy atom. The highest BCUT2D eigenvalue weighted by molar-refractivity contribution is 5.88. The Labute approximate surface area is 113 Å². The van der Waals surface area contributed by atoms with Gasteiger partial charge in [0, 0.05) is 12.0 Å². The molecule has 4 aliphatic carbocycles. The molecule has 5 aliphatic rings. The van der Waals surface area contributed by atoms with Crippen LogP contribution in [0.4, 0.5) is 0 Å². The number of hydrogen-bond donors (Lipinski definition) is 1. The maximum atomic E-state index is 12.3. The van der Waals surface area contributed by atoms with Crippen LogP contribution in [0.3, 0.4) is 0 Å². The average molecular weight is 263 g/mol. The van der Waals surface area contributed by atoms with Crippen molar-refractivity contribution in [2.45, 2.75) is 62.9 Å². The van der Waals surface area contributed by atoms with Crippen molar-refractivity contribution in [1.82, 2.24) is 4.90 Å². The minimum absolute atomic E-state index is 0.0919. The van der Waals surface area contributed by atoms with E-state index in [0.717, 1.165) is 37.0 Å². The molecule has 104 valence electrons. The molecule has 0 radical (unpaired) electrons. The number of likely N-dealkylation sites (tertiary alicyclic amines) is 1. The number of rotatable bonds is 2.